The van der Waals surface area contributed by atoms with Gasteiger partial charge in [-0.2, -0.15) is 10.1 Å². The van der Waals surface area contributed by atoms with Crippen LogP contribution < -0.4 is 10.6 Å². The maximum atomic E-state index is 14.9. The Labute approximate surface area is 186 Å². The quantitative estimate of drug-likeness (QED) is 0.455. The lowest BCUT2D eigenvalue weighted by Gasteiger charge is -2.41. The predicted octanol–water partition coefficient (Wildman–Crippen LogP) is 5.12. The molecule has 166 valence electrons. The molecule has 0 bridgehead atoms. The molecule has 32 heavy (non-hydrogen) atoms. The molecule has 0 saturated heterocycles. The Balaban J connectivity index is 1.37. The average molecular weight is 435 g/mol. The van der Waals surface area contributed by atoms with Gasteiger partial charge in [0.15, 0.2) is 5.82 Å². The minimum atomic E-state index is -1.03. The number of rotatable bonds is 8. The molecule has 3 N–H and O–H groups in total. The summed E-state index contributed by atoms with van der Waals surface area (Å²) in [6.45, 7) is 3.51. The van der Waals surface area contributed by atoms with Crippen LogP contribution in [-0.2, 0) is 11.2 Å². The topological polar surface area (TPSA) is 95.6 Å². The summed E-state index contributed by atoms with van der Waals surface area (Å²) in [5, 5.41) is 13.6. The highest BCUT2D eigenvalue weighted by molar-refractivity contribution is 5.78. The molecule has 2 heterocycles. The lowest BCUT2D eigenvalue weighted by atomic mass is 9.68. The largest absolute Gasteiger partial charge is 0.324 e. The van der Waals surface area contributed by atoms with Crippen LogP contribution in [0, 0.1) is 12.8 Å². The number of aryl methyl sites for hydroxylation is 1. The Morgan fingerprint density at radius 1 is 1.12 bits per heavy atom. The number of Topliss-reactive ketones (excluding diaryl/α,β-unsaturated/α-hetero) is 1. The summed E-state index contributed by atoms with van der Waals surface area (Å²) in [6.07, 6.45) is 3.47. The molecule has 7 nitrogen and oxygen atoms in total. The van der Waals surface area contributed by atoms with Crippen LogP contribution in [0.5, 0.6) is 0 Å². The number of alkyl halides is 1. The number of hydrogen-bond donors (Lipinski definition) is 3. The van der Waals surface area contributed by atoms with E-state index in [1.54, 1.807) is 6.92 Å². The van der Waals surface area contributed by atoms with E-state index in [2.05, 4.69) is 25.8 Å². The zero-order chi connectivity index (χ0) is 22.3. The first-order valence-electron chi connectivity index (χ1n) is 11.1. The number of H-pyrrole nitrogens is 1. The first kappa shape index (κ1) is 20.6. The van der Waals surface area contributed by atoms with Crippen LogP contribution in [-0.4, -0.2) is 31.6 Å². The summed E-state index contributed by atoms with van der Waals surface area (Å²) in [5.74, 6) is 2.17. The van der Waals surface area contributed by atoms with Gasteiger partial charge in [-0.3, -0.25) is 9.89 Å². The molecule has 0 aliphatic heterocycles. The van der Waals surface area contributed by atoms with E-state index in [9.17, 15) is 9.18 Å². The molecular weight excluding hydrogens is 407 g/mol. The Hall–Kier alpha value is -3.29. The van der Waals surface area contributed by atoms with Crippen molar-refractivity contribution in [3.63, 3.8) is 0 Å². The zero-order valence-electron chi connectivity index (χ0n) is 18.3. The molecular formula is C24H27FN6O. The van der Waals surface area contributed by atoms with Crippen molar-refractivity contribution >= 4 is 29.1 Å². The number of ketones is 1. The number of halogens is 1. The molecule has 2 aromatic heterocycles. The molecule has 2 fully saturated rings. The highest BCUT2D eigenvalue weighted by Crippen LogP contribution is 2.58. The van der Waals surface area contributed by atoms with Gasteiger partial charge in [-0.15, -0.1) is 0 Å². The lowest BCUT2D eigenvalue weighted by molar-refractivity contribution is -0.116. The van der Waals surface area contributed by atoms with Crippen LogP contribution >= 0.6 is 0 Å². The van der Waals surface area contributed by atoms with Gasteiger partial charge in [-0.25, -0.2) is 9.37 Å². The molecule has 2 saturated carbocycles. The third kappa shape index (κ3) is 4.49. The number of aromatic amines is 1. The second-order valence-electron chi connectivity index (χ2n) is 9.18. The van der Waals surface area contributed by atoms with Gasteiger partial charge in [-0.1, -0.05) is 12.1 Å². The fourth-order valence-corrected chi connectivity index (χ4v) is 4.43. The summed E-state index contributed by atoms with van der Waals surface area (Å²) in [7, 11) is 0. The van der Waals surface area contributed by atoms with E-state index >= 15 is 0 Å². The molecule has 0 radical (unpaired) electrons. The van der Waals surface area contributed by atoms with E-state index in [4.69, 9.17) is 4.98 Å². The minimum absolute atomic E-state index is 0.0866. The van der Waals surface area contributed by atoms with E-state index < -0.39 is 5.67 Å². The molecule has 0 spiro atoms. The zero-order valence-corrected chi connectivity index (χ0v) is 18.3. The van der Waals surface area contributed by atoms with Gasteiger partial charge < -0.3 is 10.6 Å². The molecule has 2 aliphatic rings. The maximum absolute atomic E-state index is 14.9. The van der Waals surface area contributed by atoms with Crippen molar-refractivity contribution in [1.29, 1.82) is 0 Å². The van der Waals surface area contributed by atoms with E-state index in [0.717, 1.165) is 35.5 Å². The SMILES string of the molecule is CC(=O)Cc1ccc(Nc2nc(Nc3cc(C)[nH]n3)cc(C3CC(F)(C4CC4)C3)n2)cc1. The number of carbonyl (C=O) groups excluding carboxylic acids is 1. The Morgan fingerprint density at radius 3 is 2.50 bits per heavy atom. The van der Waals surface area contributed by atoms with Crippen LogP contribution in [0.4, 0.5) is 27.7 Å². The number of nitrogens with zero attached hydrogens (tertiary/aromatic N) is 3. The van der Waals surface area contributed by atoms with Gasteiger partial charge in [-0.05, 0) is 63.1 Å². The van der Waals surface area contributed by atoms with Crippen molar-refractivity contribution in [2.45, 2.75) is 57.5 Å². The molecule has 8 heteroatoms. The molecule has 0 atom stereocenters. The first-order chi connectivity index (χ1) is 15.4. The summed E-state index contributed by atoms with van der Waals surface area (Å²) >= 11 is 0. The molecule has 0 unspecified atom stereocenters. The van der Waals surface area contributed by atoms with Crippen LogP contribution in [0.1, 0.15) is 55.5 Å². The average Bonchev–Trinajstić information content (AvgIpc) is 3.50. The van der Waals surface area contributed by atoms with Crippen molar-refractivity contribution in [1.82, 2.24) is 20.2 Å². The predicted molar refractivity (Wildman–Crippen MR) is 121 cm³/mol. The fourth-order valence-electron chi connectivity index (χ4n) is 4.43. The van der Waals surface area contributed by atoms with Crippen molar-refractivity contribution in [3.05, 3.63) is 53.3 Å². The Kier molecular flexibility index (Phi) is 5.15. The van der Waals surface area contributed by atoms with Crippen LogP contribution in [0.3, 0.4) is 0 Å². The van der Waals surface area contributed by atoms with Gasteiger partial charge in [0.2, 0.25) is 5.95 Å². The van der Waals surface area contributed by atoms with Crippen LogP contribution in [0.2, 0.25) is 0 Å². The molecule has 0 amide bonds. The summed E-state index contributed by atoms with van der Waals surface area (Å²) in [4.78, 5) is 20.6. The third-order valence-electron chi connectivity index (χ3n) is 6.27. The molecule has 5 rings (SSSR count). The minimum Gasteiger partial charge on any atom is -0.324 e. The number of hydrogen-bond acceptors (Lipinski definition) is 6. The van der Waals surface area contributed by atoms with Crippen LogP contribution in [0.25, 0.3) is 0 Å². The Bertz CT molecular complexity index is 1130. The normalized spacial score (nSPS) is 22.3. The van der Waals surface area contributed by atoms with Gasteiger partial charge in [0.05, 0.1) is 5.69 Å². The Morgan fingerprint density at radius 2 is 1.88 bits per heavy atom. The van der Waals surface area contributed by atoms with E-state index in [0.29, 0.717) is 36.8 Å². The van der Waals surface area contributed by atoms with Crippen molar-refractivity contribution < 1.29 is 9.18 Å². The second-order valence-corrected chi connectivity index (χ2v) is 9.18. The smallest absolute Gasteiger partial charge is 0.229 e. The second kappa shape index (κ2) is 8.00. The lowest BCUT2D eigenvalue weighted by Crippen LogP contribution is -2.40. The highest BCUT2D eigenvalue weighted by atomic mass is 19.1. The summed E-state index contributed by atoms with van der Waals surface area (Å²) < 4.78 is 14.9. The van der Waals surface area contributed by atoms with Crippen molar-refractivity contribution in [3.8, 4) is 0 Å². The van der Waals surface area contributed by atoms with E-state index in [1.807, 2.05) is 43.3 Å². The van der Waals surface area contributed by atoms with Crippen molar-refractivity contribution in [2.24, 2.45) is 5.92 Å². The van der Waals surface area contributed by atoms with Crippen LogP contribution in [0.15, 0.2) is 36.4 Å². The molecule has 1 aromatic carbocycles. The maximum Gasteiger partial charge on any atom is 0.229 e. The highest BCUT2D eigenvalue weighted by Gasteiger charge is 2.55. The number of aromatic nitrogens is 4. The van der Waals surface area contributed by atoms with Gasteiger partial charge in [0, 0.05) is 35.9 Å². The number of anilines is 4. The third-order valence-corrected chi connectivity index (χ3v) is 6.27. The fraction of sp³-hybridized carbons (Fsp3) is 0.417. The van der Waals surface area contributed by atoms with Gasteiger partial charge in [0.1, 0.15) is 17.3 Å². The van der Waals surface area contributed by atoms with Gasteiger partial charge in [0.25, 0.3) is 0 Å². The first-order valence-corrected chi connectivity index (χ1v) is 11.1. The summed E-state index contributed by atoms with van der Waals surface area (Å²) in [5.41, 5.74) is 2.53. The standard InChI is InChI=1S/C24H27FN6O/c1-14-9-22(31-30-14)28-21-11-20(17-12-24(25,13-17)18-5-6-18)27-23(29-21)26-19-7-3-16(4-8-19)10-15(2)32/h3-4,7-9,11,17-18H,5-6,10,12-13H2,1-2H3,(H3,26,27,28,29,30,31). The number of nitrogens with one attached hydrogen (secondary N) is 3. The number of benzene rings is 1. The summed E-state index contributed by atoms with van der Waals surface area (Å²) in [6, 6.07) is 11.4. The van der Waals surface area contributed by atoms with E-state index in [1.165, 1.54) is 0 Å². The van der Waals surface area contributed by atoms with E-state index in [-0.39, 0.29) is 17.6 Å². The monoisotopic (exact) mass is 434 g/mol. The number of carbonyl (C=O) groups is 1. The van der Waals surface area contributed by atoms with Crippen molar-refractivity contribution in [2.75, 3.05) is 10.6 Å². The van der Waals surface area contributed by atoms with Gasteiger partial charge >= 0.3 is 0 Å². The molecule has 2 aliphatic carbocycles. The molecule has 3 aromatic rings.